The maximum Gasteiger partial charge on any atom is 0.244 e. The second-order valence-corrected chi connectivity index (χ2v) is 10.7. The number of halogens is 1. The first kappa shape index (κ1) is 28.5. The highest BCUT2D eigenvalue weighted by Gasteiger charge is 2.32. The van der Waals surface area contributed by atoms with Gasteiger partial charge in [0.2, 0.25) is 21.8 Å². The number of methoxy groups -OCH3 is 1. The molecule has 35 heavy (non-hydrogen) atoms. The summed E-state index contributed by atoms with van der Waals surface area (Å²) in [6.45, 7) is 5.26. The first-order valence-corrected chi connectivity index (χ1v) is 13.7. The molecule has 0 bridgehead atoms. The van der Waals surface area contributed by atoms with Crippen LogP contribution in [-0.4, -0.2) is 57.1 Å². The van der Waals surface area contributed by atoms with Crippen molar-refractivity contribution in [1.82, 2.24) is 10.2 Å². The summed E-state index contributed by atoms with van der Waals surface area (Å²) in [4.78, 5) is 28.2. The SMILES string of the molecule is CCC(C)NC(=O)C(CC)N(Cc1cccc(OC)c1)C(=O)CN(c1ccccc1Cl)S(C)(=O)=O. The molecular weight excluding hydrogens is 490 g/mol. The molecule has 0 fully saturated rings. The summed E-state index contributed by atoms with van der Waals surface area (Å²) in [5.41, 5.74) is 0.944. The number of carbonyl (C=O) groups is 2. The second kappa shape index (κ2) is 12.8. The van der Waals surface area contributed by atoms with Gasteiger partial charge in [0, 0.05) is 12.6 Å². The molecule has 0 aliphatic heterocycles. The van der Waals surface area contributed by atoms with E-state index in [1.165, 1.54) is 11.0 Å². The molecule has 0 heterocycles. The number of ether oxygens (including phenoxy) is 1. The number of carbonyl (C=O) groups excluding carboxylic acids is 2. The van der Waals surface area contributed by atoms with Gasteiger partial charge in [0.1, 0.15) is 18.3 Å². The molecule has 2 atom stereocenters. The van der Waals surface area contributed by atoms with E-state index in [2.05, 4.69) is 5.32 Å². The minimum absolute atomic E-state index is 0.0686. The van der Waals surface area contributed by atoms with Crippen LogP contribution in [0.1, 0.15) is 39.2 Å². The van der Waals surface area contributed by atoms with Crippen LogP contribution in [0.3, 0.4) is 0 Å². The summed E-state index contributed by atoms with van der Waals surface area (Å²) >= 11 is 6.26. The molecule has 1 N–H and O–H groups in total. The highest BCUT2D eigenvalue weighted by molar-refractivity contribution is 7.92. The lowest BCUT2D eigenvalue weighted by molar-refractivity contribution is -0.140. The van der Waals surface area contributed by atoms with Gasteiger partial charge in [-0.15, -0.1) is 0 Å². The van der Waals surface area contributed by atoms with Gasteiger partial charge in [-0.05, 0) is 49.6 Å². The lowest BCUT2D eigenvalue weighted by Gasteiger charge is -2.33. The Morgan fingerprint density at radius 1 is 1.09 bits per heavy atom. The maximum absolute atomic E-state index is 13.7. The molecule has 2 rings (SSSR count). The van der Waals surface area contributed by atoms with Crippen molar-refractivity contribution in [3.05, 3.63) is 59.1 Å². The number of nitrogens with one attached hydrogen (secondary N) is 1. The Morgan fingerprint density at radius 2 is 1.77 bits per heavy atom. The van der Waals surface area contributed by atoms with Gasteiger partial charge in [-0.25, -0.2) is 8.42 Å². The summed E-state index contributed by atoms with van der Waals surface area (Å²) in [6.07, 6.45) is 2.10. The average Bonchev–Trinajstić information content (AvgIpc) is 2.82. The zero-order valence-electron chi connectivity index (χ0n) is 20.8. The van der Waals surface area contributed by atoms with Crippen molar-refractivity contribution in [1.29, 1.82) is 0 Å². The fraction of sp³-hybridized carbons (Fsp3) is 0.440. The summed E-state index contributed by atoms with van der Waals surface area (Å²) in [5, 5.41) is 3.14. The van der Waals surface area contributed by atoms with Crippen molar-refractivity contribution in [2.24, 2.45) is 0 Å². The summed E-state index contributed by atoms with van der Waals surface area (Å²) < 4.78 is 31.5. The molecule has 0 saturated heterocycles. The molecule has 2 amide bonds. The van der Waals surface area contributed by atoms with E-state index < -0.39 is 28.5 Å². The Morgan fingerprint density at radius 3 is 2.34 bits per heavy atom. The van der Waals surface area contributed by atoms with Crippen LogP contribution >= 0.6 is 11.6 Å². The van der Waals surface area contributed by atoms with Crippen molar-refractivity contribution in [3.63, 3.8) is 0 Å². The molecule has 0 aliphatic carbocycles. The molecule has 0 saturated carbocycles. The van der Waals surface area contributed by atoms with E-state index in [-0.39, 0.29) is 29.2 Å². The van der Waals surface area contributed by atoms with Gasteiger partial charge >= 0.3 is 0 Å². The Bertz CT molecular complexity index is 1130. The Kier molecular flexibility index (Phi) is 10.4. The molecule has 8 nitrogen and oxygen atoms in total. The molecule has 0 aromatic heterocycles. The van der Waals surface area contributed by atoms with E-state index in [1.807, 2.05) is 26.8 Å². The molecule has 0 aliphatic rings. The van der Waals surface area contributed by atoms with Crippen LogP contribution in [0.5, 0.6) is 5.75 Å². The summed E-state index contributed by atoms with van der Waals surface area (Å²) in [7, 11) is -2.30. The quantitative estimate of drug-likeness (QED) is 0.456. The number of para-hydroxylation sites is 1. The number of rotatable bonds is 12. The van der Waals surface area contributed by atoms with E-state index in [1.54, 1.807) is 43.5 Å². The minimum Gasteiger partial charge on any atom is -0.497 e. The Balaban J connectivity index is 2.47. The largest absolute Gasteiger partial charge is 0.497 e. The van der Waals surface area contributed by atoms with Crippen LogP contribution in [-0.2, 0) is 26.2 Å². The molecular formula is C25H34ClN3O5S. The highest BCUT2D eigenvalue weighted by Crippen LogP contribution is 2.27. The molecule has 192 valence electrons. The van der Waals surface area contributed by atoms with Gasteiger partial charge in [0.05, 0.1) is 24.1 Å². The van der Waals surface area contributed by atoms with E-state index in [0.29, 0.717) is 12.2 Å². The second-order valence-electron chi connectivity index (χ2n) is 8.34. The van der Waals surface area contributed by atoms with Gasteiger partial charge < -0.3 is 15.0 Å². The van der Waals surface area contributed by atoms with Crippen LogP contribution in [0.25, 0.3) is 0 Å². The Hall–Kier alpha value is -2.78. The number of hydrogen-bond acceptors (Lipinski definition) is 5. The number of sulfonamides is 1. The number of nitrogens with zero attached hydrogens (tertiary/aromatic N) is 2. The zero-order valence-corrected chi connectivity index (χ0v) is 22.4. The van der Waals surface area contributed by atoms with Crippen LogP contribution in [0.2, 0.25) is 5.02 Å². The molecule has 10 heteroatoms. The predicted octanol–water partition coefficient (Wildman–Crippen LogP) is 3.84. The maximum atomic E-state index is 13.7. The average molecular weight is 524 g/mol. The first-order chi connectivity index (χ1) is 16.5. The third-order valence-electron chi connectivity index (χ3n) is 5.67. The topological polar surface area (TPSA) is 96.0 Å². The summed E-state index contributed by atoms with van der Waals surface area (Å²) in [6, 6.07) is 12.7. The van der Waals surface area contributed by atoms with E-state index in [9.17, 15) is 18.0 Å². The van der Waals surface area contributed by atoms with Gasteiger partial charge in [-0.3, -0.25) is 13.9 Å². The molecule has 0 radical (unpaired) electrons. The van der Waals surface area contributed by atoms with Gasteiger partial charge in [-0.1, -0.05) is 49.7 Å². The van der Waals surface area contributed by atoms with E-state index in [0.717, 1.165) is 22.5 Å². The smallest absolute Gasteiger partial charge is 0.244 e. The third-order valence-corrected chi connectivity index (χ3v) is 7.12. The summed E-state index contributed by atoms with van der Waals surface area (Å²) in [5.74, 6) is -0.202. The van der Waals surface area contributed by atoms with E-state index >= 15 is 0 Å². The number of hydrogen-bond donors (Lipinski definition) is 1. The van der Waals surface area contributed by atoms with Crippen LogP contribution in [0.15, 0.2) is 48.5 Å². The van der Waals surface area contributed by atoms with Crippen LogP contribution in [0.4, 0.5) is 5.69 Å². The standard InChI is InChI=1S/C25H34ClN3O5S/c1-6-18(3)27-25(31)22(7-2)28(16-19-11-10-12-20(15-19)34-4)24(30)17-29(35(5,32)33)23-14-9-8-13-21(23)26/h8-15,18,22H,6-7,16-17H2,1-5H3,(H,27,31). The van der Waals surface area contributed by atoms with Crippen molar-refractivity contribution in [2.45, 2.75) is 52.2 Å². The normalized spacial score (nSPS) is 13.0. The highest BCUT2D eigenvalue weighted by atomic mass is 35.5. The predicted molar refractivity (Wildman–Crippen MR) is 139 cm³/mol. The molecule has 2 unspecified atom stereocenters. The third kappa shape index (κ3) is 7.86. The number of benzene rings is 2. The molecule has 2 aromatic carbocycles. The van der Waals surface area contributed by atoms with Gasteiger partial charge in [0.15, 0.2) is 0 Å². The fourth-order valence-electron chi connectivity index (χ4n) is 3.58. The van der Waals surface area contributed by atoms with Crippen molar-refractivity contribution in [2.75, 3.05) is 24.2 Å². The van der Waals surface area contributed by atoms with Crippen molar-refractivity contribution >= 4 is 39.1 Å². The first-order valence-electron chi connectivity index (χ1n) is 11.5. The zero-order chi connectivity index (χ0) is 26.2. The lowest BCUT2D eigenvalue weighted by Crippen LogP contribution is -2.53. The molecule has 2 aromatic rings. The number of anilines is 1. The van der Waals surface area contributed by atoms with Gasteiger partial charge in [0.25, 0.3) is 0 Å². The van der Waals surface area contributed by atoms with Crippen molar-refractivity contribution in [3.8, 4) is 5.75 Å². The monoisotopic (exact) mass is 523 g/mol. The molecule has 0 spiro atoms. The Labute approximate surface area is 213 Å². The van der Waals surface area contributed by atoms with Crippen molar-refractivity contribution < 1.29 is 22.7 Å². The van der Waals surface area contributed by atoms with Crippen LogP contribution < -0.4 is 14.4 Å². The van der Waals surface area contributed by atoms with E-state index in [4.69, 9.17) is 16.3 Å². The minimum atomic E-state index is -3.85. The lowest BCUT2D eigenvalue weighted by atomic mass is 10.1. The number of amides is 2. The van der Waals surface area contributed by atoms with Crippen LogP contribution in [0, 0.1) is 0 Å². The fourth-order valence-corrected chi connectivity index (χ4v) is 4.73. The van der Waals surface area contributed by atoms with Gasteiger partial charge in [-0.2, -0.15) is 0 Å².